The van der Waals surface area contributed by atoms with Crippen LogP contribution in [0.2, 0.25) is 10.0 Å². The highest BCUT2D eigenvalue weighted by molar-refractivity contribution is 6.35. The lowest BCUT2D eigenvalue weighted by Crippen LogP contribution is -2.33. The number of hydrogen-bond donors (Lipinski definition) is 1. The lowest BCUT2D eigenvalue weighted by atomic mass is 9.84. The number of allylic oxidation sites excluding steroid dienone is 1. The summed E-state index contributed by atoms with van der Waals surface area (Å²) in [5.41, 5.74) is 7.64. The second-order valence-corrected chi connectivity index (χ2v) is 7.81. The first kappa shape index (κ1) is 19.3. The third kappa shape index (κ3) is 3.43. The van der Waals surface area contributed by atoms with E-state index in [1.807, 2.05) is 20.8 Å². The first-order valence-electron chi connectivity index (χ1n) is 8.51. The van der Waals surface area contributed by atoms with Gasteiger partial charge in [-0.3, -0.25) is 4.79 Å². The molecule has 1 aliphatic rings. The predicted molar refractivity (Wildman–Crippen MR) is 106 cm³/mol. The number of aryl methyl sites for hydroxylation is 1. The van der Waals surface area contributed by atoms with E-state index in [0.717, 1.165) is 5.69 Å². The molecule has 0 saturated heterocycles. The molecule has 2 aromatic rings. The Bertz CT molecular complexity index is 1050. The molecule has 1 unspecified atom stereocenters. The van der Waals surface area contributed by atoms with E-state index in [1.165, 1.54) is 0 Å². The van der Waals surface area contributed by atoms with E-state index in [1.54, 1.807) is 28.8 Å². The minimum atomic E-state index is -0.713. The zero-order valence-corrected chi connectivity index (χ0v) is 16.7. The van der Waals surface area contributed by atoms with Crippen LogP contribution in [-0.2, 0) is 6.54 Å². The maximum absolute atomic E-state index is 13.3. The number of nitrogens with two attached hydrogens (primary N) is 1. The molecule has 0 bridgehead atoms. The van der Waals surface area contributed by atoms with Gasteiger partial charge in [-0.2, -0.15) is 5.26 Å². The number of aromatic nitrogens is 1. The molecule has 27 heavy (non-hydrogen) atoms. The van der Waals surface area contributed by atoms with Crippen molar-refractivity contribution in [3.8, 4) is 11.8 Å². The summed E-state index contributed by atoms with van der Waals surface area (Å²) in [6.07, 6.45) is 0. The predicted octanol–water partition coefficient (Wildman–Crippen LogP) is 4.34. The number of benzene rings is 1. The molecule has 0 saturated carbocycles. The van der Waals surface area contributed by atoms with Gasteiger partial charge in [0.25, 0.3) is 5.56 Å². The molecule has 2 heterocycles. The fourth-order valence-corrected chi connectivity index (χ4v) is 3.84. The molecule has 0 radical (unpaired) electrons. The minimum Gasteiger partial charge on any atom is -0.440 e. The molecule has 7 heteroatoms. The van der Waals surface area contributed by atoms with Gasteiger partial charge in [0, 0.05) is 28.4 Å². The molecule has 3 rings (SSSR count). The number of halogens is 2. The molecule has 1 aliphatic heterocycles. The number of ether oxygens (including phenoxy) is 1. The number of rotatable bonds is 3. The van der Waals surface area contributed by atoms with Gasteiger partial charge in [0.1, 0.15) is 17.4 Å². The highest BCUT2D eigenvalue weighted by Crippen LogP contribution is 2.43. The summed E-state index contributed by atoms with van der Waals surface area (Å²) in [5, 5.41) is 10.5. The van der Waals surface area contributed by atoms with Crippen LogP contribution in [-0.4, -0.2) is 4.57 Å². The van der Waals surface area contributed by atoms with Gasteiger partial charge in [-0.05, 0) is 30.5 Å². The summed E-state index contributed by atoms with van der Waals surface area (Å²) < 4.78 is 7.32. The van der Waals surface area contributed by atoms with Crippen molar-refractivity contribution in [1.29, 1.82) is 5.26 Å². The smallest absolute Gasteiger partial charge is 0.258 e. The summed E-state index contributed by atoms with van der Waals surface area (Å²) in [6, 6.07) is 8.81. The molecule has 1 aromatic carbocycles. The minimum absolute atomic E-state index is 0.0265. The van der Waals surface area contributed by atoms with Crippen molar-refractivity contribution in [3.05, 3.63) is 72.9 Å². The van der Waals surface area contributed by atoms with E-state index >= 15 is 0 Å². The Morgan fingerprint density at radius 1 is 1.33 bits per heavy atom. The molecule has 5 nitrogen and oxygen atoms in total. The van der Waals surface area contributed by atoms with Gasteiger partial charge in [0.2, 0.25) is 5.88 Å². The van der Waals surface area contributed by atoms with Crippen molar-refractivity contribution >= 4 is 23.2 Å². The second-order valence-electron chi connectivity index (χ2n) is 6.96. The van der Waals surface area contributed by atoms with Crippen molar-refractivity contribution < 1.29 is 4.74 Å². The molecule has 0 spiro atoms. The Labute approximate surface area is 167 Å². The van der Waals surface area contributed by atoms with Crippen LogP contribution in [0.5, 0.6) is 5.75 Å². The fourth-order valence-electron chi connectivity index (χ4n) is 3.32. The third-order valence-corrected chi connectivity index (χ3v) is 5.07. The summed E-state index contributed by atoms with van der Waals surface area (Å²) in [4.78, 5) is 13.3. The van der Waals surface area contributed by atoms with Crippen LogP contribution in [0.1, 0.15) is 36.6 Å². The van der Waals surface area contributed by atoms with Gasteiger partial charge in [0.05, 0.1) is 11.5 Å². The van der Waals surface area contributed by atoms with Crippen LogP contribution in [0.15, 0.2) is 40.5 Å². The Balaban J connectivity index is 2.34. The molecule has 2 N–H and O–H groups in total. The van der Waals surface area contributed by atoms with Crippen LogP contribution in [0.3, 0.4) is 0 Å². The average molecular weight is 404 g/mol. The van der Waals surface area contributed by atoms with E-state index in [0.29, 0.717) is 33.5 Å². The number of fused-ring (bicyclic) bond motifs is 1. The summed E-state index contributed by atoms with van der Waals surface area (Å²) in [6.45, 7) is 6.47. The van der Waals surface area contributed by atoms with Gasteiger partial charge in [0.15, 0.2) is 0 Å². The number of hydrogen-bond acceptors (Lipinski definition) is 4. The Morgan fingerprint density at radius 3 is 2.63 bits per heavy atom. The topological polar surface area (TPSA) is 81.0 Å². The monoisotopic (exact) mass is 403 g/mol. The first-order valence-corrected chi connectivity index (χ1v) is 9.27. The Hall–Kier alpha value is -2.42. The number of nitriles is 1. The van der Waals surface area contributed by atoms with Crippen molar-refractivity contribution in [1.82, 2.24) is 4.57 Å². The van der Waals surface area contributed by atoms with Crippen LogP contribution < -0.4 is 16.0 Å². The van der Waals surface area contributed by atoms with Gasteiger partial charge >= 0.3 is 0 Å². The van der Waals surface area contributed by atoms with Gasteiger partial charge < -0.3 is 15.0 Å². The highest BCUT2D eigenvalue weighted by atomic mass is 35.5. The van der Waals surface area contributed by atoms with Gasteiger partial charge in [-0.1, -0.05) is 43.1 Å². The molecule has 1 aromatic heterocycles. The molecule has 0 amide bonds. The van der Waals surface area contributed by atoms with E-state index in [9.17, 15) is 10.1 Å². The zero-order chi connectivity index (χ0) is 19.9. The number of nitrogens with zero attached hydrogens (tertiary/aromatic N) is 2. The number of pyridine rings is 1. The van der Waals surface area contributed by atoms with E-state index in [4.69, 9.17) is 33.7 Å². The van der Waals surface area contributed by atoms with E-state index in [2.05, 4.69) is 6.07 Å². The van der Waals surface area contributed by atoms with Crippen molar-refractivity contribution in [2.75, 3.05) is 0 Å². The zero-order valence-electron chi connectivity index (χ0n) is 15.2. The second kappa shape index (κ2) is 7.30. The lowest BCUT2D eigenvalue weighted by Gasteiger charge is -2.28. The summed E-state index contributed by atoms with van der Waals surface area (Å²) >= 11 is 12.4. The average Bonchev–Trinajstić information content (AvgIpc) is 2.57. The Morgan fingerprint density at radius 2 is 2.04 bits per heavy atom. The Kier molecular flexibility index (Phi) is 5.23. The van der Waals surface area contributed by atoms with Crippen molar-refractivity contribution in [2.24, 2.45) is 11.7 Å². The molecule has 1 atom stereocenters. The maximum Gasteiger partial charge on any atom is 0.258 e. The molecular weight excluding hydrogens is 385 g/mol. The van der Waals surface area contributed by atoms with E-state index in [-0.39, 0.29) is 22.9 Å². The van der Waals surface area contributed by atoms with Crippen LogP contribution in [0.4, 0.5) is 0 Å². The van der Waals surface area contributed by atoms with Gasteiger partial charge in [-0.15, -0.1) is 0 Å². The lowest BCUT2D eigenvalue weighted by molar-refractivity contribution is 0.386. The van der Waals surface area contributed by atoms with Crippen molar-refractivity contribution in [2.45, 2.75) is 33.2 Å². The highest BCUT2D eigenvalue weighted by Gasteiger charge is 2.35. The SMILES string of the molecule is Cc1cc2c(c(=O)n1CC(C)C)C(c1ccc(Cl)cc1Cl)C(C#N)=C(N)O2. The van der Waals surface area contributed by atoms with Crippen LogP contribution in [0, 0.1) is 24.2 Å². The molecular formula is C20H19Cl2N3O2. The van der Waals surface area contributed by atoms with Gasteiger partial charge in [-0.25, -0.2) is 0 Å². The third-order valence-electron chi connectivity index (χ3n) is 4.51. The maximum atomic E-state index is 13.3. The normalized spacial score (nSPS) is 16.1. The molecule has 0 aliphatic carbocycles. The summed E-state index contributed by atoms with van der Waals surface area (Å²) in [7, 11) is 0. The quantitative estimate of drug-likeness (QED) is 0.825. The largest absolute Gasteiger partial charge is 0.440 e. The molecule has 0 fully saturated rings. The molecule has 140 valence electrons. The standard InChI is InChI=1S/C20H19Cl2N3O2/c1-10(2)9-25-11(3)6-16-18(20(25)26)17(14(8-23)19(24)27-16)13-5-4-12(21)7-15(13)22/h4-7,10,17H,9,24H2,1-3H3. The fraction of sp³-hybridized carbons (Fsp3) is 0.300. The van der Waals surface area contributed by atoms with Crippen LogP contribution >= 0.6 is 23.2 Å². The van der Waals surface area contributed by atoms with Crippen molar-refractivity contribution in [3.63, 3.8) is 0 Å². The first-order chi connectivity index (χ1) is 12.7. The van der Waals surface area contributed by atoms with E-state index < -0.39 is 5.92 Å². The summed E-state index contributed by atoms with van der Waals surface area (Å²) in [5.74, 6) is -0.112. The van der Waals surface area contributed by atoms with Crippen LogP contribution in [0.25, 0.3) is 0 Å².